The second-order valence-corrected chi connectivity index (χ2v) is 8.39. The summed E-state index contributed by atoms with van der Waals surface area (Å²) in [6.45, 7) is 6.76. The molecule has 2 N–H and O–H groups in total. The lowest BCUT2D eigenvalue weighted by Gasteiger charge is -2.16. The van der Waals surface area contributed by atoms with Gasteiger partial charge < -0.3 is 9.64 Å². The Bertz CT molecular complexity index is 947. The van der Waals surface area contributed by atoms with E-state index in [-0.39, 0.29) is 24.1 Å². The fraction of sp³-hybridized carbons (Fsp3) is 0.409. The average molecular weight is 425 g/mol. The highest BCUT2D eigenvalue weighted by molar-refractivity contribution is 6.02. The molecule has 9 heteroatoms. The number of carbonyl (C=O) groups is 3. The monoisotopic (exact) mass is 425 g/mol. The van der Waals surface area contributed by atoms with Crippen LogP contribution in [0.4, 0.5) is 10.6 Å². The van der Waals surface area contributed by atoms with Gasteiger partial charge in [0.25, 0.3) is 0 Å². The molecule has 164 valence electrons. The van der Waals surface area contributed by atoms with E-state index in [4.69, 9.17) is 4.74 Å². The van der Waals surface area contributed by atoms with Gasteiger partial charge in [-0.25, -0.2) is 9.78 Å². The minimum absolute atomic E-state index is 0.0717. The maximum absolute atomic E-state index is 12.3. The molecule has 0 saturated carbocycles. The molecule has 3 rings (SSSR count). The van der Waals surface area contributed by atoms with Crippen molar-refractivity contribution >= 4 is 23.7 Å². The van der Waals surface area contributed by atoms with E-state index in [1.807, 2.05) is 4.90 Å². The Kier molecular flexibility index (Phi) is 6.84. The van der Waals surface area contributed by atoms with Gasteiger partial charge in [0.15, 0.2) is 0 Å². The minimum atomic E-state index is -0.676. The summed E-state index contributed by atoms with van der Waals surface area (Å²) >= 11 is 0. The van der Waals surface area contributed by atoms with Gasteiger partial charge in [0, 0.05) is 30.8 Å². The van der Waals surface area contributed by atoms with Gasteiger partial charge >= 0.3 is 6.03 Å². The fourth-order valence-corrected chi connectivity index (χ4v) is 2.94. The number of amides is 4. The van der Waals surface area contributed by atoms with Gasteiger partial charge in [-0.1, -0.05) is 20.8 Å². The standard InChI is InChI=1S/C22H27N5O4/c1-22(2,3)20(29)26-21(30)25-18-7-6-17(14-24-18)31-16-8-9-23-15(12-16)13-19(28)27-10-4-5-11-27/h6-9,12,14H,4-5,10-11,13H2,1-3H3,(H2,24,25,26,29,30). The molecule has 3 heterocycles. The fourth-order valence-electron chi connectivity index (χ4n) is 2.94. The number of hydrogen-bond donors (Lipinski definition) is 2. The zero-order valence-corrected chi connectivity index (χ0v) is 18.0. The van der Waals surface area contributed by atoms with Crippen LogP contribution in [0.1, 0.15) is 39.3 Å². The lowest BCUT2D eigenvalue weighted by Crippen LogP contribution is -2.41. The Hall–Kier alpha value is -3.49. The van der Waals surface area contributed by atoms with E-state index < -0.39 is 11.4 Å². The molecule has 0 radical (unpaired) electrons. The molecular formula is C22H27N5O4. The molecule has 0 bridgehead atoms. The highest BCUT2D eigenvalue weighted by atomic mass is 16.5. The third kappa shape index (κ3) is 6.50. The van der Waals surface area contributed by atoms with Crippen LogP contribution < -0.4 is 15.4 Å². The molecule has 0 atom stereocenters. The van der Waals surface area contributed by atoms with Crippen LogP contribution in [-0.2, 0) is 16.0 Å². The quantitative estimate of drug-likeness (QED) is 0.761. The summed E-state index contributed by atoms with van der Waals surface area (Å²) in [4.78, 5) is 46.3. The van der Waals surface area contributed by atoms with E-state index in [9.17, 15) is 14.4 Å². The van der Waals surface area contributed by atoms with Crippen molar-refractivity contribution in [3.05, 3.63) is 42.4 Å². The number of carbonyl (C=O) groups excluding carboxylic acids is 3. The van der Waals surface area contributed by atoms with E-state index in [0.29, 0.717) is 17.2 Å². The number of pyridine rings is 2. The van der Waals surface area contributed by atoms with Crippen LogP contribution in [0.15, 0.2) is 36.7 Å². The number of likely N-dealkylation sites (tertiary alicyclic amines) is 1. The summed E-state index contributed by atoms with van der Waals surface area (Å²) in [5.41, 5.74) is -0.0360. The SMILES string of the molecule is CC(C)(C)C(=O)NC(=O)Nc1ccc(Oc2ccnc(CC(=O)N3CCCC3)c2)cn1. The second kappa shape index (κ2) is 9.55. The second-order valence-electron chi connectivity index (χ2n) is 8.39. The Morgan fingerprint density at radius 2 is 1.81 bits per heavy atom. The number of aromatic nitrogens is 2. The first-order valence-corrected chi connectivity index (χ1v) is 10.2. The largest absolute Gasteiger partial charge is 0.456 e. The molecule has 0 unspecified atom stereocenters. The molecule has 1 aliphatic rings. The molecule has 2 aromatic heterocycles. The van der Waals surface area contributed by atoms with E-state index >= 15 is 0 Å². The lowest BCUT2D eigenvalue weighted by atomic mass is 9.96. The minimum Gasteiger partial charge on any atom is -0.456 e. The van der Waals surface area contributed by atoms with Crippen molar-refractivity contribution < 1.29 is 19.1 Å². The summed E-state index contributed by atoms with van der Waals surface area (Å²) in [5.74, 6) is 0.956. The van der Waals surface area contributed by atoms with E-state index in [2.05, 4.69) is 20.6 Å². The summed E-state index contributed by atoms with van der Waals surface area (Å²) in [5, 5.41) is 4.77. The van der Waals surface area contributed by atoms with Crippen molar-refractivity contribution in [1.82, 2.24) is 20.2 Å². The molecule has 2 aromatic rings. The van der Waals surface area contributed by atoms with Crippen LogP contribution in [0.3, 0.4) is 0 Å². The van der Waals surface area contributed by atoms with Gasteiger partial charge in [-0.3, -0.25) is 25.2 Å². The van der Waals surface area contributed by atoms with Crippen LogP contribution in [0, 0.1) is 5.41 Å². The van der Waals surface area contributed by atoms with Gasteiger partial charge in [0.05, 0.1) is 18.3 Å². The zero-order valence-electron chi connectivity index (χ0n) is 18.0. The van der Waals surface area contributed by atoms with E-state index in [1.165, 1.54) is 6.20 Å². The molecular weight excluding hydrogens is 398 g/mol. The molecule has 0 spiro atoms. The smallest absolute Gasteiger partial charge is 0.327 e. The number of anilines is 1. The molecule has 1 fully saturated rings. The first-order chi connectivity index (χ1) is 14.7. The maximum atomic E-state index is 12.3. The Morgan fingerprint density at radius 1 is 1.06 bits per heavy atom. The van der Waals surface area contributed by atoms with Crippen LogP contribution in [0.25, 0.3) is 0 Å². The number of nitrogens with zero attached hydrogens (tertiary/aromatic N) is 3. The molecule has 0 aromatic carbocycles. The van der Waals surface area contributed by atoms with Gasteiger partial charge in [0.2, 0.25) is 11.8 Å². The third-order valence-corrected chi connectivity index (χ3v) is 4.70. The number of hydrogen-bond acceptors (Lipinski definition) is 6. The summed E-state index contributed by atoms with van der Waals surface area (Å²) in [7, 11) is 0. The van der Waals surface area contributed by atoms with Crippen LogP contribution in [-0.4, -0.2) is 45.8 Å². The zero-order chi connectivity index (χ0) is 22.4. The number of imide groups is 1. The summed E-state index contributed by atoms with van der Waals surface area (Å²) < 4.78 is 5.79. The van der Waals surface area contributed by atoms with Crippen molar-refractivity contribution in [2.45, 2.75) is 40.0 Å². The molecule has 4 amide bonds. The van der Waals surface area contributed by atoms with Crippen LogP contribution >= 0.6 is 0 Å². The Balaban J connectivity index is 1.55. The van der Waals surface area contributed by atoms with Crippen molar-refractivity contribution in [2.24, 2.45) is 5.41 Å². The summed E-state index contributed by atoms with van der Waals surface area (Å²) in [6.07, 6.45) is 5.39. The Morgan fingerprint density at radius 3 is 2.45 bits per heavy atom. The van der Waals surface area contributed by atoms with E-state index in [1.54, 1.807) is 51.2 Å². The topological polar surface area (TPSA) is 114 Å². The highest BCUT2D eigenvalue weighted by Gasteiger charge is 2.23. The predicted molar refractivity (Wildman–Crippen MR) is 115 cm³/mol. The number of nitrogens with one attached hydrogen (secondary N) is 2. The van der Waals surface area contributed by atoms with Crippen molar-refractivity contribution in [1.29, 1.82) is 0 Å². The first kappa shape index (κ1) is 22.2. The van der Waals surface area contributed by atoms with E-state index in [0.717, 1.165) is 25.9 Å². The number of urea groups is 1. The molecule has 0 aliphatic carbocycles. The summed E-state index contributed by atoms with van der Waals surface area (Å²) in [6, 6.07) is 5.98. The first-order valence-electron chi connectivity index (χ1n) is 10.2. The van der Waals surface area contributed by atoms with Gasteiger partial charge in [-0.05, 0) is 31.0 Å². The predicted octanol–water partition coefficient (Wildman–Crippen LogP) is 3.13. The number of ether oxygens (including phenoxy) is 1. The number of rotatable bonds is 5. The van der Waals surface area contributed by atoms with Crippen molar-refractivity contribution in [3.8, 4) is 11.5 Å². The molecule has 1 aliphatic heterocycles. The third-order valence-electron chi connectivity index (χ3n) is 4.70. The Labute approximate surface area is 181 Å². The van der Waals surface area contributed by atoms with Crippen LogP contribution in [0.5, 0.6) is 11.5 Å². The van der Waals surface area contributed by atoms with Gasteiger partial charge in [0.1, 0.15) is 17.3 Å². The van der Waals surface area contributed by atoms with Crippen molar-refractivity contribution in [2.75, 3.05) is 18.4 Å². The van der Waals surface area contributed by atoms with Crippen LogP contribution in [0.2, 0.25) is 0 Å². The van der Waals surface area contributed by atoms with Crippen molar-refractivity contribution in [3.63, 3.8) is 0 Å². The highest BCUT2D eigenvalue weighted by Crippen LogP contribution is 2.22. The van der Waals surface area contributed by atoms with Gasteiger partial charge in [-0.2, -0.15) is 0 Å². The molecule has 1 saturated heterocycles. The van der Waals surface area contributed by atoms with Gasteiger partial charge in [-0.15, -0.1) is 0 Å². The average Bonchev–Trinajstić information content (AvgIpc) is 3.24. The normalized spacial score (nSPS) is 13.6. The molecule has 9 nitrogen and oxygen atoms in total. The maximum Gasteiger partial charge on any atom is 0.327 e. The lowest BCUT2D eigenvalue weighted by molar-refractivity contribution is -0.129. The molecule has 31 heavy (non-hydrogen) atoms.